The van der Waals surface area contributed by atoms with Gasteiger partial charge in [-0.2, -0.15) is 0 Å². The molecule has 0 saturated carbocycles. The van der Waals surface area contributed by atoms with E-state index in [-0.39, 0.29) is 0 Å². The van der Waals surface area contributed by atoms with Gasteiger partial charge < -0.3 is 14.8 Å². The van der Waals surface area contributed by atoms with Crippen LogP contribution in [0.15, 0.2) is 24.3 Å². The summed E-state index contributed by atoms with van der Waals surface area (Å²) < 4.78 is 12.0. The lowest BCUT2D eigenvalue weighted by Gasteiger charge is -2.12. The van der Waals surface area contributed by atoms with Crippen molar-refractivity contribution >= 4 is 21.4 Å². The smallest absolute Gasteiger partial charge is 0.120 e. The zero-order valence-electron chi connectivity index (χ0n) is 10.4. The Bertz CT molecular complexity index is 530. The average Bonchev–Trinajstić information content (AvgIpc) is 2.63. The van der Waals surface area contributed by atoms with Crippen molar-refractivity contribution in [2.45, 2.75) is 12.5 Å². The van der Waals surface area contributed by atoms with Gasteiger partial charge >= 0.3 is 0 Å². The Morgan fingerprint density at radius 2 is 2.28 bits per heavy atom. The van der Waals surface area contributed by atoms with Gasteiger partial charge in [0.05, 0.1) is 13.7 Å². The SMILES string of the molecule is COc1ccc2cc(C3CCOCCN3)sc2c1. The average molecular weight is 263 g/mol. The fourth-order valence-electron chi connectivity index (χ4n) is 2.28. The van der Waals surface area contributed by atoms with Gasteiger partial charge in [0.15, 0.2) is 0 Å². The van der Waals surface area contributed by atoms with Crippen LogP contribution in [0.1, 0.15) is 17.3 Å². The second-order valence-corrected chi connectivity index (χ2v) is 5.58. The monoisotopic (exact) mass is 263 g/mol. The van der Waals surface area contributed by atoms with Gasteiger partial charge in [0.2, 0.25) is 0 Å². The Morgan fingerprint density at radius 3 is 3.17 bits per heavy atom. The van der Waals surface area contributed by atoms with Crippen LogP contribution in [0.2, 0.25) is 0 Å². The number of thiophene rings is 1. The Kier molecular flexibility index (Phi) is 3.50. The van der Waals surface area contributed by atoms with E-state index in [0.717, 1.165) is 31.9 Å². The van der Waals surface area contributed by atoms with Crippen LogP contribution in [0.4, 0.5) is 0 Å². The summed E-state index contributed by atoms with van der Waals surface area (Å²) in [6.45, 7) is 2.59. The highest BCUT2D eigenvalue weighted by Crippen LogP contribution is 2.33. The molecule has 1 aromatic heterocycles. The first-order valence-electron chi connectivity index (χ1n) is 6.25. The predicted molar refractivity (Wildman–Crippen MR) is 74.6 cm³/mol. The summed E-state index contributed by atoms with van der Waals surface area (Å²) >= 11 is 1.84. The summed E-state index contributed by atoms with van der Waals surface area (Å²) in [6.07, 6.45) is 1.05. The molecule has 1 aliphatic heterocycles. The van der Waals surface area contributed by atoms with Gasteiger partial charge in [-0.05, 0) is 36.1 Å². The second kappa shape index (κ2) is 5.26. The number of nitrogens with one attached hydrogen (secondary N) is 1. The van der Waals surface area contributed by atoms with Crippen LogP contribution in [0.5, 0.6) is 5.75 Å². The topological polar surface area (TPSA) is 30.5 Å². The van der Waals surface area contributed by atoms with Crippen molar-refractivity contribution in [3.05, 3.63) is 29.1 Å². The Morgan fingerprint density at radius 1 is 1.33 bits per heavy atom. The highest BCUT2D eigenvalue weighted by Gasteiger charge is 2.16. The van der Waals surface area contributed by atoms with Gasteiger partial charge in [-0.3, -0.25) is 0 Å². The lowest BCUT2D eigenvalue weighted by Crippen LogP contribution is -2.21. The quantitative estimate of drug-likeness (QED) is 0.903. The number of hydrogen-bond donors (Lipinski definition) is 1. The number of rotatable bonds is 2. The molecule has 3 rings (SSSR count). The first-order valence-corrected chi connectivity index (χ1v) is 7.07. The molecule has 3 nitrogen and oxygen atoms in total. The zero-order chi connectivity index (χ0) is 12.4. The Labute approximate surface area is 111 Å². The molecule has 1 N–H and O–H groups in total. The zero-order valence-corrected chi connectivity index (χ0v) is 11.3. The van der Waals surface area contributed by atoms with Gasteiger partial charge in [0.25, 0.3) is 0 Å². The van der Waals surface area contributed by atoms with Gasteiger partial charge in [0.1, 0.15) is 5.75 Å². The fourth-order valence-corrected chi connectivity index (χ4v) is 3.49. The van der Waals surface area contributed by atoms with Gasteiger partial charge in [-0.25, -0.2) is 0 Å². The largest absolute Gasteiger partial charge is 0.497 e. The van der Waals surface area contributed by atoms with E-state index in [9.17, 15) is 0 Å². The van der Waals surface area contributed by atoms with E-state index in [1.54, 1.807) is 7.11 Å². The first-order chi connectivity index (χ1) is 8.86. The molecule has 1 atom stereocenters. The van der Waals surface area contributed by atoms with Gasteiger partial charge in [0, 0.05) is 28.8 Å². The Balaban J connectivity index is 1.91. The molecule has 1 aromatic carbocycles. The molecule has 1 aliphatic rings. The van der Waals surface area contributed by atoms with Crippen molar-refractivity contribution in [2.24, 2.45) is 0 Å². The van der Waals surface area contributed by atoms with E-state index in [2.05, 4.69) is 23.5 Å². The molecule has 18 heavy (non-hydrogen) atoms. The summed E-state index contributed by atoms with van der Waals surface area (Å²) in [5.74, 6) is 0.924. The van der Waals surface area contributed by atoms with E-state index in [1.165, 1.54) is 15.0 Å². The first kappa shape index (κ1) is 12.0. The van der Waals surface area contributed by atoms with Crippen molar-refractivity contribution in [1.29, 1.82) is 0 Å². The maximum atomic E-state index is 5.48. The lowest BCUT2D eigenvalue weighted by atomic mass is 10.1. The fraction of sp³-hybridized carbons (Fsp3) is 0.429. The minimum atomic E-state index is 0.427. The molecule has 2 aromatic rings. The molecule has 2 heterocycles. The Hall–Kier alpha value is -1.10. The van der Waals surface area contributed by atoms with Gasteiger partial charge in [-0.15, -0.1) is 11.3 Å². The molecule has 96 valence electrons. The molecule has 1 unspecified atom stereocenters. The molecule has 0 bridgehead atoms. The van der Waals surface area contributed by atoms with Crippen molar-refractivity contribution in [3.63, 3.8) is 0 Å². The van der Waals surface area contributed by atoms with Crippen molar-refractivity contribution in [1.82, 2.24) is 5.32 Å². The van der Waals surface area contributed by atoms with Crippen LogP contribution in [-0.4, -0.2) is 26.9 Å². The molecular formula is C14H17NO2S. The predicted octanol–water partition coefficient (Wildman–Crippen LogP) is 2.96. The standard InChI is InChI=1S/C14H17NO2S/c1-16-11-3-2-10-8-14(18-13(10)9-11)12-4-6-17-7-5-15-12/h2-3,8-9,12,15H,4-7H2,1H3. The van der Waals surface area contributed by atoms with Crippen molar-refractivity contribution in [3.8, 4) is 5.75 Å². The van der Waals surface area contributed by atoms with Crippen LogP contribution in [-0.2, 0) is 4.74 Å². The number of benzene rings is 1. The summed E-state index contributed by atoms with van der Waals surface area (Å²) in [5.41, 5.74) is 0. The lowest BCUT2D eigenvalue weighted by molar-refractivity contribution is 0.150. The third-order valence-electron chi connectivity index (χ3n) is 3.28. The summed E-state index contributed by atoms with van der Waals surface area (Å²) in [6, 6.07) is 8.96. The molecule has 0 amide bonds. The van der Waals surface area contributed by atoms with E-state index in [0.29, 0.717) is 6.04 Å². The number of ether oxygens (including phenoxy) is 2. The van der Waals surface area contributed by atoms with Crippen molar-refractivity contribution in [2.75, 3.05) is 26.9 Å². The third kappa shape index (κ3) is 2.36. The summed E-state index contributed by atoms with van der Waals surface area (Å²) in [4.78, 5) is 1.39. The minimum Gasteiger partial charge on any atom is -0.497 e. The number of methoxy groups -OCH3 is 1. The maximum absolute atomic E-state index is 5.48. The molecule has 1 fully saturated rings. The van der Waals surface area contributed by atoms with E-state index in [4.69, 9.17) is 9.47 Å². The molecule has 4 heteroatoms. The minimum absolute atomic E-state index is 0.427. The second-order valence-electron chi connectivity index (χ2n) is 4.46. The third-order valence-corrected chi connectivity index (χ3v) is 4.49. The molecule has 0 radical (unpaired) electrons. The van der Waals surface area contributed by atoms with Crippen LogP contribution in [0.25, 0.3) is 10.1 Å². The molecular weight excluding hydrogens is 246 g/mol. The van der Waals surface area contributed by atoms with Crippen LogP contribution < -0.4 is 10.1 Å². The highest BCUT2D eigenvalue weighted by atomic mass is 32.1. The normalized spacial score (nSPS) is 20.8. The van der Waals surface area contributed by atoms with Crippen LogP contribution >= 0.6 is 11.3 Å². The highest BCUT2D eigenvalue weighted by molar-refractivity contribution is 7.19. The van der Waals surface area contributed by atoms with Crippen LogP contribution in [0, 0.1) is 0 Å². The van der Waals surface area contributed by atoms with E-state index < -0.39 is 0 Å². The van der Waals surface area contributed by atoms with Crippen molar-refractivity contribution < 1.29 is 9.47 Å². The summed E-state index contributed by atoms with van der Waals surface area (Å²) in [5, 5.41) is 4.84. The van der Waals surface area contributed by atoms with E-state index >= 15 is 0 Å². The number of hydrogen-bond acceptors (Lipinski definition) is 4. The molecule has 0 aliphatic carbocycles. The van der Waals surface area contributed by atoms with Gasteiger partial charge in [-0.1, -0.05) is 0 Å². The maximum Gasteiger partial charge on any atom is 0.120 e. The molecule has 1 saturated heterocycles. The number of fused-ring (bicyclic) bond motifs is 1. The summed E-state index contributed by atoms with van der Waals surface area (Å²) in [7, 11) is 1.71. The van der Waals surface area contributed by atoms with Crippen LogP contribution in [0.3, 0.4) is 0 Å². The van der Waals surface area contributed by atoms with E-state index in [1.807, 2.05) is 17.4 Å². The molecule has 0 spiro atoms.